The number of hydrogen-bond acceptors (Lipinski definition) is 0. The number of allylic oxidation sites excluding steroid dienone is 8. The van der Waals surface area contributed by atoms with E-state index in [2.05, 4.69) is 140 Å². The molecule has 0 aliphatic heterocycles. The summed E-state index contributed by atoms with van der Waals surface area (Å²) in [6, 6.07) is 29.9. The normalized spacial score (nSPS) is 17.2. The maximum absolute atomic E-state index is 5.51. The van der Waals surface area contributed by atoms with Crippen LogP contribution in [0.1, 0.15) is 122 Å². The Morgan fingerprint density at radius 1 is 0.815 bits per heavy atom. The summed E-state index contributed by atoms with van der Waals surface area (Å²) >= 11 is 12.3. The minimum atomic E-state index is 0.0340. The van der Waals surface area contributed by atoms with Gasteiger partial charge in [-0.05, 0) is 58.4 Å². The van der Waals surface area contributed by atoms with Gasteiger partial charge in [0.15, 0.2) is 0 Å². The zero-order chi connectivity index (χ0) is 39.8. The van der Waals surface area contributed by atoms with E-state index in [1.807, 2.05) is 36.4 Å². The monoisotopic (exact) mass is 828 g/mol. The summed E-state index contributed by atoms with van der Waals surface area (Å²) in [6.07, 6.45) is 19.0. The Balaban J connectivity index is 0.000000186. The first-order valence-corrected chi connectivity index (χ1v) is 21.6. The molecule has 0 N–H and O–H groups in total. The van der Waals surface area contributed by atoms with Crippen LogP contribution in [0.15, 0.2) is 96.6 Å². The molecule has 4 aliphatic rings. The second-order valence-electron chi connectivity index (χ2n) is 16.6. The van der Waals surface area contributed by atoms with Crippen LogP contribution in [0.3, 0.4) is 0 Å². The van der Waals surface area contributed by atoms with Gasteiger partial charge in [0.2, 0.25) is 0 Å². The second kappa shape index (κ2) is 18.9. The zero-order valence-corrected chi connectivity index (χ0v) is 38.0. The number of hydrogen-bond donors (Lipinski definition) is 0. The van der Waals surface area contributed by atoms with Gasteiger partial charge in [-0.2, -0.15) is 101 Å². The van der Waals surface area contributed by atoms with Crippen LogP contribution in [0, 0.1) is 35.6 Å². The van der Waals surface area contributed by atoms with Gasteiger partial charge in [-0.15, -0.1) is 11.6 Å². The van der Waals surface area contributed by atoms with Crippen LogP contribution in [0.5, 0.6) is 0 Å². The summed E-state index contributed by atoms with van der Waals surface area (Å²) < 4.78 is 3.34. The molecular weight excluding hydrogens is 775 g/mol. The molecule has 4 aliphatic carbocycles. The Hall–Kier alpha value is -2.83. The fourth-order valence-corrected chi connectivity index (χ4v) is 7.86. The van der Waals surface area contributed by atoms with Gasteiger partial charge in [0.1, 0.15) is 0 Å². The van der Waals surface area contributed by atoms with Gasteiger partial charge in [-0.25, -0.2) is 11.6 Å². The number of unbranched alkanes of at least 4 members (excludes halogenated alkanes) is 1. The van der Waals surface area contributed by atoms with Gasteiger partial charge in [0.05, 0.1) is 0 Å². The second-order valence-corrected chi connectivity index (χ2v) is 17.5. The number of rotatable bonds is 3. The molecule has 0 nitrogen and oxygen atoms in total. The van der Waals surface area contributed by atoms with E-state index in [0.717, 1.165) is 16.5 Å². The van der Waals surface area contributed by atoms with Gasteiger partial charge in [0, 0.05) is 5.41 Å². The van der Waals surface area contributed by atoms with Crippen LogP contribution in [0.2, 0.25) is 10.0 Å². The van der Waals surface area contributed by atoms with Crippen molar-refractivity contribution in [2.45, 2.75) is 106 Å². The molecule has 8 rings (SSSR count). The first-order chi connectivity index (χ1) is 25.5. The third-order valence-corrected chi connectivity index (χ3v) is 10.8. The van der Waals surface area contributed by atoms with E-state index in [-0.39, 0.29) is 10.8 Å². The summed E-state index contributed by atoms with van der Waals surface area (Å²) in [4.78, 5) is 0. The van der Waals surface area contributed by atoms with E-state index in [9.17, 15) is 0 Å². The van der Waals surface area contributed by atoms with E-state index in [1.54, 1.807) is 12.1 Å². The van der Waals surface area contributed by atoms with E-state index in [0.29, 0.717) is 11.3 Å². The molecule has 282 valence electrons. The molecule has 0 heterocycles. The first-order valence-electron chi connectivity index (χ1n) is 19.1. The van der Waals surface area contributed by atoms with Gasteiger partial charge in [0.25, 0.3) is 0 Å². The molecule has 1 unspecified atom stereocenters. The van der Waals surface area contributed by atoms with Crippen molar-refractivity contribution >= 4 is 38.6 Å². The fourth-order valence-electron chi connectivity index (χ4n) is 7.58. The standard InChI is InChI=1S/C25H25.C13H21.2C6H4Cl.CH2.Zr/c1-14-12-24(3,4)22-8-16-7-17-9-23-19(15(2)13-25(23,5)6)11-21(17)20(16)10-18(14)22;1-5-6-7-11-8-9-12(10-11)13(2,3)4;2*7-6-4-2-1-3-5-6;;/h8-12H,7H2,1-6H3;9-11H,5-7H2,1-4H3;2*1-2,4-5H;1H2;/q4*-1;;. The summed E-state index contributed by atoms with van der Waals surface area (Å²) in [5.74, 6) is 0.592. The molecule has 3 heteroatoms. The van der Waals surface area contributed by atoms with Crippen LogP contribution >= 0.6 is 23.2 Å². The number of halogens is 2. The van der Waals surface area contributed by atoms with Crippen molar-refractivity contribution in [2.24, 2.45) is 11.3 Å². The van der Waals surface area contributed by atoms with Crippen molar-refractivity contribution in [1.29, 1.82) is 0 Å². The first kappa shape index (κ1) is 43.9. The van der Waals surface area contributed by atoms with Crippen LogP contribution in [-0.2, 0) is 41.5 Å². The van der Waals surface area contributed by atoms with Crippen molar-refractivity contribution in [3.8, 4) is 11.1 Å². The molecule has 0 bridgehead atoms. The van der Waals surface area contributed by atoms with Crippen molar-refractivity contribution < 1.29 is 24.2 Å². The summed E-state index contributed by atoms with van der Waals surface area (Å²) in [7, 11) is 0. The van der Waals surface area contributed by atoms with Crippen LogP contribution < -0.4 is 0 Å². The molecule has 0 fully saturated rings. The molecule has 4 aromatic carbocycles. The molecule has 0 amide bonds. The SMILES string of the molecule is CC1=[C-]C(C)(C)c2cc3c(cc21)-c1cc2c(cc1C3)C(C)(C)C=C2C.CCCCC1[C-]=CC(C(C)(C)C)=C1.Clc1c[c-]ccc1.Clc1c[c-]ccc1.[CH2]=[Zr]. The third-order valence-electron chi connectivity index (χ3n) is 10.3. The Morgan fingerprint density at radius 2 is 1.37 bits per heavy atom. The quantitative estimate of drug-likeness (QED) is 0.159. The predicted octanol–water partition coefficient (Wildman–Crippen LogP) is 14.8. The molecular formula is C51H56Cl2Zr-4. The van der Waals surface area contributed by atoms with Crippen molar-refractivity contribution in [3.63, 3.8) is 0 Å². The summed E-state index contributed by atoms with van der Waals surface area (Å²) in [5, 5.41) is 1.48. The molecule has 4 aromatic rings. The van der Waals surface area contributed by atoms with Crippen LogP contribution in [0.25, 0.3) is 22.3 Å². The molecule has 1 atom stereocenters. The minimum absolute atomic E-state index is 0.0340. The predicted molar refractivity (Wildman–Crippen MR) is 233 cm³/mol. The van der Waals surface area contributed by atoms with Crippen molar-refractivity contribution in [3.05, 3.63) is 164 Å². The van der Waals surface area contributed by atoms with Gasteiger partial charge in [-0.3, -0.25) is 12.2 Å². The molecule has 0 saturated carbocycles. The average Bonchev–Trinajstić information content (AvgIpc) is 3.86. The van der Waals surface area contributed by atoms with Crippen molar-refractivity contribution in [1.82, 2.24) is 0 Å². The van der Waals surface area contributed by atoms with Gasteiger partial charge in [-0.1, -0.05) is 127 Å². The number of fused-ring (bicyclic) bond motifs is 5. The Labute approximate surface area is 352 Å². The number of benzene rings is 4. The molecule has 0 saturated heterocycles. The van der Waals surface area contributed by atoms with Crippen molar-refractivity contribution in [2.75, 3.05) is 0 Å². The zero-order valence-electron chi connectivity index (χ0n) is 34.0. The van der Waals surface area contributed by atoms with Gasteiger partial charge < -0.3 is 0 Å². The van der Waals surface area contributed by atoms with E-state index in [1.165, 1.54) is 105 Å². The van der Waals surface area contributed by atoms with Crippen LogP contribution in [0.4, 0.5) is 0 Å². The van der Waals surface area contributed by atoms with E-state index in [4.69, 9.17) is 23.2 Å². The average molecular weight is 831 g/mol. The summed E-state index contributed by atoms with van der Waals surface area (Å²) in [5.41, 5.74) is 16.3. The molecule has 0 aromatic heterocycles. The van der Waals surface area contributed by atoms with Crippen LogP contribution in [-0.4, -0.2) is 4.21 Å². The topological polar surface area (TPSA) is 0 Å². The Bertz CT molecular complexity index is 1900. The Kier molecular flexibility index (Phi) is 15.3. The van der Waals surface area contributed by atoms with E-state index >= 15 is 0 Å². The molecule has 0 radical (unpaired) electrons. The fraction of sp³-hybridized carbons (Fsp3) is 0.353. The van der Waals surface area contributed by atoms with Gasteiger partial charge >= 0.3 is 28.4 Å². The molecule has 0 spiro atoms. The Morgan fingerprint density at radius 3 is 1.83 bits per heavy atom. The molecule has 54 heavy (non-hydrogen) atoms. The maximum atomic E-state index is 5.51. The summed E-state index contributed by atoms with van der Waals surface area (Å²) in [6.45, 7) is 22.7. The van der Waals surface area contributed by atoms with E-state index < -0.39 is 0 Å². The third kappa shape index (κ3) is 10.9.